The predicted octanol–water partition coefficient (Wildman–Crippen LogP) is 3.79. The summed E-state index contributed by atoms with van der Waals surface area (Å²) in [6.45, 7) is 1.15. The van der Waals surface area contributed by atoms with Gasteiger partial charge in [-0.2, -0.15) is 0 Å². The van der Waals surface area contributed by atoms with E-state index < -0.39 is 0 Å². The minimum Gasteiger partial charge on any atom is -0.364 e. The van der Waals surface area contributed by atoms with Crippen LogP contribution in [0.4, 0.5) is 0 Å². The molecule has 0 saturated heterocycles. The van der Waals surface area contributed by atoms with Gasteiger partial charge in [0.05, 0.1) is 24.0 Å². The Hall–Kier alpha value is -2.48. The summed E-state index contributed by atoms with van der Waals surface area (Å²) in [5.74, 6) is 0. The number of hydrogen-bond donors (Lipinski definition) is 1. The molecule has 0 aliphatic heterocycles. The van der Waals surface area contributed by atoms with Crippen molar-refractivity contribution in [3.05, 3.63) is 80.0 Å². The van der Waals surface area contributed by atoms with E-state index in [0.29, 0.717) is 24.2 Å². The molecular formula is C21H19ClN4O2S. The van der Waals surface area contributed by atoms with E-state index in [-0.39, 0.29) is 5.56 Å². The van der Waals surface area contributed by atoms with Crippen LogP contribution in [0.3, 0.4) is 0 Å². The number of thiophene rings is 1. The van der Waals surface area contributed by atoms with Gasteiger partial charge in [-0.15, -0.1) is 11.3 Å². The molecule has 1 N–H and O–H groups in total. The van der Waals surface area contributed by atoms with Crippen LogP contribution in [0, 0.1) is 0 Å². The Morgan fingerprint density at radius 2 is 2.28 bits per heavy atom. The summed E-state index contributed by atoms with van der Waals surface area (Å²) in [4.78, 5) is 19.8. The van der Waals surface area contributed by atoms with Crippen molar-refractivity contribution in [3.8, 4) is 0 Å². The van der Waals surface area contributed by atoms with Crippen LogP contribution >= 0.6 is 22.9 Å². The third kappa shape index (κ3) is 3.73. The van der Waals surface area contributed by atoms with Crippen LogP contribution < -0.4 is 10.9 Å². The number of hydrogen-bond acceptors (Lipinski definition) is 6. The van der Waals surface area contributed by atoms with Crippen molar-refractivity contribution in [1.82, 2.24) is 20.0 Å². The zero-order chi connectivity index (χ0) is 19.8. The van der Waals surface area contributed by atoms with Crippen molar-refractivity contribution in [1.29, 1.82) is 0 Å². The number of nitrogens with zero attached hydrogens (tertiary/aromatic N) is 3. The first-order valence-electron chi connectivity index (χ1n) is 9.54. The largest absolute Gasteiger partial charge is 0.364 e. The smallest absolute Gasteiger partial charge is 0.262 e. The van der Waals surface area contributed by atoms with Crippen molar-refractivity contribution in [2.75, 3.05) is 0 Å². The van der Waals surface area contributed by atoms with E-state index in [0.717, 1.165) is 40.7 Å². The normalized spacial score (nSPS) is 16.2. The van der Waals surface area contributed by atoms with Crippen LogP contribution in [-0.2, 0) is 25.9 Å². The zero-order valence-electron chi connectivity index (χ0n) is 15.6. The molecule has 0 radical (unpaired) electrons. The highest BCUT2D eigenvalue weighted by molar-refractivity contribution is 7.18. The van der Waals surface area contributed by atoms with Crippen molar-refractivity contribution < 1.29 is 4.52 Å². The summed E-state index contributed by atoms with van der Waals surface area (Å²) in [5, 5.41) is 8.93. The second-order valence-electron chi connectivity index (χ2n) is 7.30. The van der Waals surface area contributed by atoms with Crippen molar-refractivity contribution in [2.24, 2.45) is 0 Å². The predicted molar refractivity (Wildman–Crippen MR) is 114 cm³/mol. The van der Waals surface area contributed by atoms with Crippen molar-refractivity contribution in [2.45, 2.75) is 38.4 Å². The summed E-state index contributed by atoms with van der Waals surface area (Å²) >= 11 is 7.72. The fourth-order valence-electron chi connectivity index (χ4n) is 3.90. The Kier molecular flexibility index (Phi) is 4.95. The molecule has 4 aromatic rings. The number of rotatable bonds is 5. The van der Waals surface area contributed by atoms with Crippen molar-refractivity contribution >= 4 is 33.2 Å². The quantitative estimate of drug-likeness (QED) is 0.525. The molecule has 3 aromatic heterocycles. The first kappa shape index (κ1) is 18.5. The van der Waals surface area contributed by atoms with Gasteiger partial charge in [0.1, 0.15) is 11.1 Å². The van der Waals surface area contributed by atoms with Gasteiger partial charge in [-0.3, -0.25) is 9.36 Å². The highest BCUT2D eigenvalue weighted by atomic mass is 35.5. The molecule has 1 aromatic carbocycles. The molecule has 6 nitrogen and oxygen atoms in total. The SMILES string of the molecule is O=c1c2c3c(sc2ncn1Cc1cccc(Cl)c1)CC(NCc1ccon1)CC3. The van der Waals surface area contributed by atoms with E-state index in [1.807, 2.05) is 30.3 Å². The van der Waals surface area contributed by atoms with E-state index in [1.54, 1.807) is 28.5 Å². The monoisotopic (exact) mass is 426 g/mol. The minimum absolute atomic E-state index is 0.0291. The van der Waals surface area contributed by atoms with Crippen LogP contribution in [-0.4, -0.2) is 20.7 Å². The van der Waals surface area contributed by atoms with Gasteiger partial charge in [0.2, 0.25) is 0 Å². The molecule has 0 saturated carbocycles. The number of aryl methyl sites for hydroxylation is 1. The van der Waals surface area contributed by atoms with Gasteiger partial charge in [0.15, 0.2) is 0 Å². The summed E-state index contributed by atoms with van der Waals surface area (Å²) < 4.78 is 6.56. The third-order valence-electron chi connectivity index (χ3n) is 5.34. The van der Waals surface area contributed by atoms with Gasteiger partial charge in [0.25, 0.3) is 5.56 Å². The zero-order valence-corrected chi connectivity index (χ0v) is 17.2. The second-order valence-corrected chi connectivity index (χ2v) is 8.82. The molecule has 0 bridgehead atoms. The van der Waals surface area contributed by atoms with Gasteiger partial charge < -0.3 is 9.84 Å². The van der Waals surface area contributed by atoms with Crippen LogP contribution in [0.25, 0.3) is 10.2 Å². The van der Waals surface area contributed by atoms with Gasteiger partial charge in [-0.25, -0.2) is 4.98 Å². The highest BCUT2D eigenvalue weighted by Gasteiger charge is 2.25. The van der Waals surface area contributed by atoms with Crippen LogP contribution in [0.5, 0.6) is 0 Å². The lowest BCUT2D eigenvalue weighted by Crippen LogP contribution is -2.34. The van der Waals surface area contributed by atoms with E-state index in [1.165, 1.54) is 10.4 Å². The second kappa shape index (κ2) is 7.74. The van der Waals surface area contributed by atoms with Gasteiger partial charge >= 0.3 is 0 Å². The maximum atomic E-state index is 13.2. The van der Waals surface area contributed by atoms with E-state index >= 15 is 0 Å². The standard InChI is InChI=1S/C21H19ClN4O2S/c22-14-3-1-2-13(8-14)11-26-12-24-20-19(21(26)27)17-5-4-15(9-18(17)29-20)23-10-16-6-7-28-25-16/h1-3,6-8,12,15,23H,4-5,9-11H2. The number of nitrogens with one attached hydrogen (secondary N) is 1. The molecule has 1 aliphatic carbocycles. The number of fused-ring (bicyclic) bond motifs is 3. The Labute approximate surface area is 176 Å². The highest BCUT2D eigenvalue weighted by Crippen LogP contribution is 2.33. The molecule has 148 valence electrons. The molecule has 0 fully saturated rings. The van der Waals surface area contributed by atoms with Crippen LogP contribution in [0.1, 0.15) is 28.1 Å². The van der Waals surface area contributed by atoms with Crippen molar-refractivity contribution in [3.63, 3.8) is 0 Å². The summed E-state index contributed by atoms with van der Waals surface area (Å²) in [6.07, 6.45) is 6.00. The molecule has 1 aliphatic rings. The maximum absolute atomic E-state index is 13.2. The molecule has 3 heterocycles. The average molecular weight is 427 g/mol. The molecule has 0 amide bonds. The van der Waals surface area contributed by atoms with Gasteiger partial charge in [-0.05, 0) is 42.5 Å². The molecule has 1 unspecified atom stereocenters. The molecule has 0 spiro atoms. The fourth-order valence-corrected chi connectivity index (χ4v) is 5.37. The Bertz CT molecular complexity index is 1220. The summed E-state index contributed by atoms with van der Waals surface area (Å²) in [5.41, 5.74) is 3.09. The first-order chi connectivity index (χ1) is 14.2. The van der Waals surface area contributed by atoms with Gasteiger partial charge in [0, 0.05) is 28.6 Å². The maximum Gasteiger partial charge on any atom is 0.262 e. The van der Waals surface area contributed by atoms with E-state index in [9.17, 15) is 4.79 Å². The Morgan fingerprint density at radius 1 is 1.34 bits per heavy atom. The topological polar surface area (TPSA) is 73.0 Å². The molecule has 5 rings (SSSR count). The summed E-state index contributed by atoms with van der Waals surface area (Å²) in [7, 11) is 0. The van der Waals surface area contributed by atoms with Crippen LogP contribution in [0.15, 0.2) is 52.2 Å². The third-order valence-corrected chi connectivity index (χ3v) is 6.74. The lowest BCUT2D eigenvalue weighted by Gasteiger charge is -2.23. The van der Waals surface area contributed by atoms with Crippen LogP contribution in [0.2, 0.25) is 5.02 Å². The lowest BCUT2D eigenvalue weighted by atomic mass is 9.93. The number of aromatic nitrogens is 3. The van der Waals surface area contributed by atoms with E-state index in [2.05, 4.69) is 15.5 Å². The average Bonchev–Trinajstić information content (AvgIpc) is 3.36. The van der Waals surface area contributed by atoms with E-state index in [4.69, 9.17) is 16.1 Å². The fraction of sp³-hybridized carbons (Fsp3) is 0.286. The lowest BCUT2D eigenvalue weighted by molar-refractivity contribution is 0.399. The first-order valence-corrected chi connectivity index (χ1v) is 10.7. The molecular weight excluding hydrogens is 408 g/mol. The molecule has 8 heteroatoms. The minimum atomic E-state index is 0.0291. The summed E-state index contributed by atoms with van der Waals surface area (Å²) in [6, 6.07) is 9.81. The van der Waals surface area contributed by atoms with Gasteiger partial charge in [-0.1, -0.05) is 28.9 Å². The number of halogens is 1. The molecule has 29 heavy (non-hydrogen) atoms. The Morgan fingerprint density at radius 3 is 3.10 bits per heavy atom. The number of benzene rings is 1. The molecule has 1 atom stereocenters. The Balaban J connectivity index is 1.40.